The molecule has 1 heterocycles. The van der Waals surface area contributed by atoms with Crippen molar-refractivity contribution in [1.29, 1.82) is 0 Å². The number of amides is 3. The molecular weight excluding hydrogens is 554 g/mol. The number of ether oxygens (including phenoxy) is 1. The zero-order chi connectivity index (χ0) is 29.8. The largest absolute Gasteiger partial charge is 0.497 e. The van der Waals surface area contributed by atoms with Crippen LogP contribution >= 0.6 is 0 Å². The molecule has 1 saturated heterocycles. The van der Waals surface area contributed by atoms with Gasteiger partial charge in [-0.2, -0.15) is 26.3 Å². The number of carbonyl (C=O) groups excluding carboxylic acids is 2. The summed E-state index contributed by atoms with van der Waals surface area (Å²) < 4.78 is 83.5. The number of alkyl halides is 6. The van der Waals surface area contributed by atoms with E-state index < -0.39 is 35.2 Å². The van der Waals surface area contributed by atoms with Crippen molar-refractivity contribution in [3.8, 4) is 5.75 Å². The third-order valence-corrected chi connectivity index (χ3v) is 6.48. The summed E-state index contributed by atoms with van der Waals surface area (Å²) in [5.74, 6) is 0.732. The van der Waals surface area contributed by atoms with Crippen molar-refractivity contribution in [3.63, 3.8) is 0 Å². The topological polar surface area (TPSA) is 73.9 Å². The molecule has 1 aliphatic rings. The predicted octanol–water partition coefficient (Wildman–Crippen LogP) is 6.27. The summed E-state index contributed by atoms with van der Waals surface area (Å²) in [6, 6.07) is 13.7. The Morgan fingerprint density at radius 1 is 0.756 bits per heavy atom. The van der Waals surface area contributed by atoms with Gasteiger partial charge in [-0.25, -0.2) is 4.79 Å². The van der Waals surface area contributed by atoms with Gasteiger partial charge in [-0.1, -0.05) is 12.1 Å². The first kappa shape index (κ1) is 29.6. The Bertz CT molecular complexity index is 1340. The van der Waals surface area contributed by atoms with Crippen molar-refractivity contribution in [2.45, 2.75) is 18.8 Å². The van der Waals surface area contributed by atoms with Crippen LogP contribution in [0.15, 0.2) is 66.7 Å². The van der Waals surface area contributed by atoms with Crippen molar-refractivity contribution in [2.24, 2.45) is 0 Å². The zero-order valence-corrected chi connectivity index (χ0v) is 21.8. The van der Waals surface area contributed by atoms with Crippen molar-refractivity contribution in [3.05, 3.63) is 83.4 Å². The van der Waals surface area contributed by atoms with E-state index in [4.69, 9.17) is 4.74 Å². The molecule has 0 saturated carbocycles. The molecule has 0 radical (unpaired) electrons. The lowest BCUT2D eigenvalue weighted by atomic mass is 10.1. The van der Waals surface area contributed by atoms with E-state index >= 15 is 0 Å². The number of nitrogens with one attached hydrogen (secondary N) is 2. The Kier molecular flexibility index (Phi) is 8.64. The van der Waals surface area contributed by atoms with Gasteiger partial charge in [0.2, 0.25) is 5.91 Å². The highest BCUT2D eigenvalue weighted by atomic mass is 19.4. The minimum atomic E-state index is -5.03. The zero-order valence-electron chi connectivity index (χ0n) is 21.8. The fourth-order valence-corrected chi connectivity index (χ4v) is 4.32. The monoisotopic (exact) mass is 580 g/mol. The summed E-state index contributed by atoms with van der Waals surface area (Å²) in [5, 5.41) is 4.43. The van der Waals surface area contributed by atoms with E-state index in [9.17, 15) is 35.9 Å². The molecule has 2 N–H and O–H groups in total. The average molecular weight is 581 g/mol. The molecule has 0 aromatic heterocycles. The van der Waals surface area contributed by atoms with Gasteiger partial charge in [-0.3, -0.25) is 4.79 Å². The SMILES string of the molecule is COc1ccc(CC(=O)N2CCN(c3ccc(NC(=O)Nc4cc(C(F)(F)F)cc(C(F)(F)F)c4)cc3)CC2)cc1. The van der Waals surface area contributed by atoms with Crippen molar-refractivity contribution in [2.75, 3.05) is 48.8 Å². The maximum Gasteiger partial charge on any atom is 0.416 e. The Hall–Kier alpha value is -4.42. The molecule has 1 fully saturated rings. The highest BCUT2D eigenvalue weighted by molar-refractivity contribution is 6.00. The Balaban J connectivity index is 1.31. The molecule has 1 aliphatic heterocycles. The van der Waals surface area contributed by atoms with Crippen LogP contribution in [0.3, 0.4) is 0 Å². The lowest BCUT2D eigenvalue weighted by molar-refractivity contribution is -0.143. The van der Waals surface area contributed by atoms with Gasteiger partial charge in [-0.15, -0.1) is 0 Å². The number of carbonyl (C=O) groups is 2. The molecule has 7 nitrogen and oxygen atoms in total. The highest BCUT2D eigenvalue weighted by Gasteiger charge is 2.37. The molecule has 0 atom stereocenters. The summed E-state index contributed by atoms with van der Waals surface area (Å²) in [7, 11) is 1.57. The lowest BCUT2D eigenvalue weighted by Gasteiger charge is -2.36. The average Bonchev–Trinajstić information content (AvgIpc) is 2.93. The van der Waals surface area contributed by atoms with E-state index in [2.05, 4.69) is 10.2 Å². The molecule has 218 valence electrons. The van der Waals surface area contributed by atoms with Gasteiger partial charge >= 0.3 is 18.4 Å². The smallest absolute Gasteiger partial charge is 0.416 e. The first-order chi connectivity index (χ1) is 19.3. The molecule has 3 aromatic rings. The third-order valence-electron chi connectivity index (χ3n) is 6.48. The summed E-state index contributed by atoms with van der Waals surface area (Å²) in [6.45, 7) is 2.21. The number of benzene rings is 3. The van der Waals surface area contributed by atoms with Gasteiger partial charge in [0.1, 0.15) is 5.75 Å². The van der Waals surface area contributed by atoms with E-state index in [1.165, 1.54) is 0 Å². The summed E-state index contributed by atoms with van der Waals surface area (Å²) in [4.78, 5) is 28.9. The second kappa shape index (κ2) is 12.0. The van der Waals surface area contributed by atoms with Crippen molar-refractivity contribution < 1.29 is 40.7 Å². The summed E-state index contributed by atoms with van der Waals surface area (Å²) in [6.07, 6.45) is -9.77. The first-order valence-corrected chi connectivity index (χ1v) is 12.4. The number of nitrogens with zero attached hydrogens (tertiary/aromatic N) is 2. The Morgan fingerprint density at radius 3 is 1.80 bits per heavy atom. The molecule has 0 bridgehead atoms. The molecule has 3 amide bonds. The number of methoxy groups -OCH3 is 1. The number of halogens is 6. The summed E-state index contributed by atoms with van der Waals surface area (Å²) in [5.41, 5.74) is -1.72. The number of urea groups is 1. The fourth-order valence-electron chi connectivity index (χ4n) is 4.32. The molecule has 3 aromatic carbocycles. The van der Waals surface area contributed by atoms with Crippen LogP contribution in [0.2, 0.25) is 0 Å². The van der Waals surface area contributed by atoms with Gasteiger partial charge in [0.05, 0.1) is 24.7 Å². The second-order valence-electron chi connectivity index (χ2n) is 9.31. The van der Waals surface area contributed by atoms with Gasteiger partial charge in [0, 0.05) is 43.2 Å². The van der Waals surface area contributed by atoms with E-state index in [-0.39, 0.29) is 24.1 Å². The van der Waals surface area contributed by atoms with E-state index in [0.29, 0.717) is 44.1 Å². The minimum Gasteiger partial charge on any atom is -0.497 e. The van der Waals surface area contributed by atoms with Gasteiger partial charge in [0.15, 0.2) is 0 Å². The number of anilines is 3. The predicted molar refractivity (Wildman–Crippen MR) is 141 cm³/mol. The van der Waals surface area contributed by atoms with Crippen LogP contribution in [0, 0.1) is 0 Å². The lowest BCUT2D eigenvalue weighted by Crippen LogP contribution is -2.49. The Morgan fingerprint density at radius 2 is 1.29 bits per heavy atom. The van der Waals surface area contributed by atoms with Crippen LogP contribution in [0.4, 0.5) is 48.2 Å². The Labute approximate surface area is 231 Å². The van der Waals surface area contributed by atoms with Gasteiger partial charge < -0.3 is 25.2 Å². The maximum absolute atomic E-state index is 13.1. The highest BCUT2D eigenvalue weighted by Crippen LogP contribution is 2.37. The number of rotatable bonds is 6. The van der Waals surface area contributed by atoms with Crippen LogP contribution in [0.1, 0.15) is 16.7 Å². The first-order valence-electron chi connectivity index (χ1n) is 12.4. The van der Waals surface area contributed by atoms with E-state index in [1.54, 1.807) is 48.4 Å². The normalized spacial score (nSPS) is 14.0. The van der Waals surface area contributed by atoms with Crippen LogP contribution in [-0.2, 0) is 23.6 Å². The van der Waals surface area contributed by atoms with Crippen LogP contribution in [-0.4, -0.2) is 50.1 Å². The van der Waals surface area contributed by atoms with Crippen LogP contribution in [0.25, 0.3) is 0 Å². The molecule has 0 spiro atoms. The van der Waals surface area contributed by atoms with E-state index in [0.717, 1.165) is 11.3 Å². The van der Waals surface area contributed by atoms with E-state index in [1.807, 2.05) is 17.4 Å². The molecule has 13 heteroatoms. The quantitative estimate of drug-likeness (QED) is 0.338. The number of hydrogen-bond donors (Lipinski definition) is 2. The van der Waals surface area contributed by atoms with Crippen LogP contribution in [0.5, 0.6) is 5.75 Å². The minimum absolute atomic E-state index is 0.0154. The van der Waals surface area contributed by atoms with Gasteiger partial charge in [-0.05, 0) is 60.2 Å². The van der Waals surface area contributed by atoms with Crippen LogP contribution < -0.4 is 20.3 Å². The second-order valence-corrected chi connectivity index (χ2v) is 9.31. The number of hydrogen-bond acceptors (Lipinski definition) is 4. The molecule has 0 unspecified atom stereocenters. The third kappa shape index (κ3) is 7.83. The molecule has 0 aliphatic carbocycles. The molecule has 41 heavy (non-hydrogen) atoms. The number of piperazine rings is 1. The standard InChI is InChI=1S/C28H26F6N4O3/c1-41-24-8-2-18(3-9-24)14-25(39)38-12-10-37(11-13-38)23-6-4-21(5-7-23)35-26(40)36-22-16-19(27(29,30)31)15-20(17-22)28(32,33)34/h2-9,15-17H,10-14H2,1H3,(H2,35,36,40). The molecule has 4 rings (SSSR count). The van der Waals surface area contributed by atoms with Gasteiger partial charge in [0.25, 0.3) is 0 Å². The summed E-state index contributed by atoms with van der Waals surface area (Å²) >= 11 is 0. The fraction of sp³-hybridized carbons (Fsp3) is 0.286. The maximum atomic E-state index is 13.1. The van der Waals surface area contributed by atoms with Crippen molar-refractivity contribution in [1.82, 2.24) is 4.90 Å². The van der Waals surface area contributed by atoms with Crippen molar-refractivity contribution >= 4 is 29.0 Å². The molecular formula is C28H26F6N4O3.